The van der Waals surface area contributed by atoms with E-state index in [-0.39, 0.29) is 23.6 Å². The van der Waals surface area contributed by atoms with Gasteiger partial charge >= 0.3 is 0 Å². The predicted molar refractivity (Wildman–Crippen MR) is 140 cm³/mol. The summed E-state index contributed by atoms with van der Waals surface area (Å²) in [5.41, 5.74) is 5.22. The number of carbonyl (C=O) groups excluding carboxylic acids is 1. The van der Waals surface area contributed by atoms with Crippen molar-refractivity contribution in [2.75, 3.05) is 31.1 Å². The third-order valence-corrected chi connectivity index (χ3v) is 7.42. The Morgan fingerprint density at radius 2 is 1.79 bits per heavy atom. The number of anilines is 1. The van der Waals surface area contributed by atoms with Gasteiger partial charge in [0.2, 0.25) is 5.91 Å². The van der Waals surface area contributed by atoms with Crippen LogP contribution in [0.4, 0.5) is 10.1 Å². The second kappa shape index (κ2) is 11.3. The maximum atomic E-state index is 14.3. The van der Waals surface area contributed by atoms with Crippen molar-refractivity contribution >= 4 is 17.7 Å². The Labute approximate surface area is 204 Å². The minimum absolute atomic E-state index is 0.0560. The average Bonchev–Trinajstić information content (AvgIpc) is 3.31. The van der Waals surface area contributed by atoms with Crippen LogP contribution in [0.1, 0.15) is 61.3 Å². The van der Waals surface area contributed by atoms with E-state index >= 15 is 0 Å². The summed E-state index contributed by atoms with van der Waals surface area (Å²) < 4.78 is 14.3. The molecule has 1 amide bonds. The number of hydrogen-bond acceptors (Lipinski definition) is 2. The van der Waals surface area contributed by atoms with Gasteiger partial charge in [0.05, 0.1) is 0 Å². The topological polar surface area (TPSA) is 23.6 Å². The van der Waals surface area contributed by atoms with Gasteiger partial charge in [-0.3, -0.25) is 4.79 Å². The van der Waals surface area contributed by atoms with Crippen LogP contribution in [0.3, 0.4) is 0 Å². The lowest BCUT2D eigenvalue weighted by Crippen LogP contribution is -2.46. The fraction of sp³-hybridized carbons (Fsp3) is 0.500. The minimum atomic E-state index is -0.150. The Morgan fingerprint density at radius 1 is 1.09 bits per heavy atom. The highest BCUT2D eigenvalue weighted by Gasteiger charge is 2.34. The van der Waals surface area contributed by atoms with Crippen LogP contribution >= 0.6 is 0 Å². The van der Waals surface area contributed by atoms with Gasteiger partial charge in [-0.25, -0.2) is 4.39 Å². The van der Waals surface area contributed by atoms with Gasteiger partial charge in [-0.1, -0.05) is 37.3 Å². The molecule has 0 N–H and O–H groups in total. The molecule has 0 saturated carbocycles. The summed E-state index contributed by atoms with van der Waals surface area (Å²) in [6.07, 6.45) is 11.0. The summed E-state index contributed by atoms with van der Waals surface area (Å²) in [6, 6.07) is 11.4. The van der Waals surface area contributed by atoms with Crippen molar-refractivity contribution in [2.45, 2.75) is 59.3 Å². The first kappa shape index (κ1) is 24.7. The Hall–Kier alpha value is -2.46. The summed E-state index contributed by atoms with van der Waals surface area (Å²) >= 11 is 0. The van der Waals surface area contributed by atoms with Gasteiger partial charge in [-0.15, -0.1) is 0 Å². The molecule has 2 atom stereocenters. The van der Waals surface area contributed by atoms with Gasteiger partial charge in [-0.05, 0) is 118 Å². The number of halogens is 1. The number of piperidine rings is 1. The van der Waals surface area contributed by atoms with E-state index in [2.05, 4.69) is 43.0 Å². The quantitative estimate of drug-likeness (QED) is 0.415. The van der Waals surface area contributed by atoms with Crippen LogP contribution in [0, 0.1) is 31.5 Å². The summed E-state index contributed by atoms with van der Waals surface area (Å²) in [4.78, 5) is 17.7. The highest BCUT2D eigenvalue weighted by atomic mass is 19.1. The normalized spacial score (nSPS) is 21.6. The van der Waals surface area contributed by atoms with Crippen molar-refractivity contribution in [1.82, 2.24) is 4.90 Å². The molecule has 0 bridgehead atoms. The Balaban J connectivity index is 1.43. The largest absolute Gasteiger partial charge is 0.311 e. The van der Waals surface area contributed by atoms with Crippen molar-refractivity contribution in [3.63, 3.8) is 0 Å². The molecule has 0 unspecified atom stereocenters. The first-order chi connectivity index (χ1) is 16.4. The second-order valence-electron chi connectivity index (χ2n) is 10.3. The zero-order chi connectivity index (χ0) is 24.1. The summed E-state index contributed by atoms with van der Waals surface area (Å²) in [7, 11) is 0. The van der Waals surface area contributed by atoms with E-state index in [1.54, 1.807) is 6.07 Å². The van der Waals surface area contributed by atoms with Crippen molar-refractivity contribution in [3.8, 4) is 0 Å². The molecule has 0 radical (unpaired) electrons. The molecule has 2 aromatic rings. The number of nitrogens with zero attached hydrogens (tertiary/aromatic N) is 2. The first-order valence-corrected chi connectivity index (χ1v) is 13.0. The molecule has 0 spiro atoms. The van der Waals surface area contributed by atoms with Crippen LogP contribution < -0.4 is 4.90 Å². The summed E-state index contributed by atoms with van der Waals surface area (Å²) in [6.45, 7) is 10.6. The molecular formula is C30H39FN2O. The van der Waals surface area contributed by atoms with Crippen molar-refractivity contribution in [1.29, 1.82) is 0 Å². The van der Waals surface area contributed by atoms with Gasteiger partial charge in [0.1, 0.15) is 5.82 Å². The lowest BCUT2D eigenvalue weighted by atomic mass is 9.84. The van der Waals surface area contributed by atoms with Gasteiger partial charge < -0.3 is 9.80 Å². The Bertz CT molecular complexity index is 1000. The third-order valence-electron chi connectivity index (χ3n) is 7.42. The van der Waals surface area contributed by atoms with E-state index in [4.69, 9.17) is 0 Å². The maximum Gasteiger partial charge on any atom is 0.229 e. The summed E-state index contributed by atoms with van der Waals surface area (Å²) in [5.74, 6) is 0.224. The van der Waals surface area contributed by atoms with Crippen LogP contribution in [-0.4, -0.2) is 37.0 Å². The standard InChI is InChI=1S/C30H39FN2O/c1-22-17-25(11-5-4-8-14-32-15-9-10-16-32)18-23(2)29(22)33-21-26(19-24(3)30(33)34)20-27-12-6-7-13-28(27)31/h5-7,11-13,17-18,24,26H,4,8-10,14-16,19-21H2,1-3H3/b11-5+/t24-,26-/m1/s1. The number of allylic oxidation sites excluding steroid dienone is 1. The lowest BCUT2D eigenvalue weighted by molar-refractivity contribution is -0.124. The van der Waals surface area contributed by atoms with Crippen LogP contribution in [0.2, 0.25) is 0 Å². The molecule has 2 fully saturated rings. The number of benzene rings is 2. The van der Waals surface area contributed by atoms with Crippen LogP contribution in [0.15, 0.2) is 42.5 Å². The Morgan fingerprint density at radius 3 is 2.50 bits per heavy atom. The lowest BCUT2D eigenvalue weighted by Gasteiger charge is -2.38. The monoisotopic (exact) mass is 462 g/mol. The fourth-order valence-corrected chi connectivity index (χ4v) is 5.78. The van der Waals surface area contributed by atoms with Gasteiger partial charge in [-0.2, -0.15) is 0 Å². The fourth-order valence-electron chi connectivity index (χ4n) is 5.78. The van der Waals surface area contributed by atoms with Gasteiger partial charge in [0.25, 0.3) is 0 Å². The molecule has 3 nitrogen and oxygen atoms in total. The van der Waals surface area contributed by atoms with Gasteiger partial charge in [0.15, 0.2) is 0 Å². The number of likely N-dealkylation sites (tertiary alicyclic amines) is 1. The predicted octanol–water partition coefficient (Wildman–Crippen LogP) is 6.56. The van der Waals surface area contributed by atoms with E-state index in [0.29, 0.717) is 13.0 Å². The molecule has 34 heavy (non-hydrogen) atoms. The van der Waals surface area contributed by atoms with E-state index in [1.807, 2.05) is 24.0 Å². The van der Waals surface area contributed by atoms with E-state index < -0.39 is 0 Å². The Kier molecular flexibility index (Phi) is 8.20. The SMILES string of the molecule is Cc1cc(/C=C/CCCN2CCCC2)cc(C)c1N1C[C@@H](Cc2ccccc2F)C[C@@H](C)C1=O. The highest BCUT2D eigenvalue weighted by Crippen LogP contribution is 2.34. The molecule has 2 aliphatic heterocycles. The number of aryl methyl sites for hydroxylation is 2. The zero-order valence-corrected chi connectivity index (χ0v) is 21.0. The molecule has 2 saturated heterocycles. The van der Waals surface area contributed by atoms with Crippen LogP contribution in [0.5, 0.6) is 0 Å². The molecule has 2 aliphatic rings. The number of amides is 1. The second-order valence-corrected chi connectivity index (χ2v) is 10.3. The molecule has 2 heterocycles. The number of hydrogen-bond donors (Lipinski definition) is 0. The molecule has 4 rings (SSSR count). The smallest absolute Gasteiger partial charge is 0.229 e. The van der Waals surface area contributed by atoms with E-state index in [0.717, 1.165) is 35.2 Å². The average molecular weight is 463 g/mol. The van der Waals surface area contributed by atoms with Crippen molar-refractivity contribution < 1.29 is 9.18 Å². The number of unbranched alkanes of at least 4 members (excludes halogenated alkanes) is 1. The maximum absolute atomic E-state index is 14.3. The zero-order valence-electron chi connectivity index (χ0n) is 21.0. The van der Waals surface area contributed by atoms with Crippen molar-refractivity contribution in [2.24, 2.45) is 11.8 Å². The van der Waals surface area contributed by atoms with Crippen LogP contribution in [-0.2, 0) is 11.2 Å². The van der Waals surface area contributed by atoms with E-state index in [9.17, 15) is 9.18 Å². The molecule has 0 aromatic heterocycles. The number of rotatable bonds is 8. The van der Waals surface area contributed by atoms with Gasteiger partial charge in [0, 0.05) is 18.2 Å². The summed E-state index contributed by atoms with van der Waals surface area (Å²) in [5, 5.41) is 0. The molecule has 182 valence electrons. The molecular weight excluding hydrogens is 423 g/mol. The molecule has 2 aromatic carbocycles. The van der Waals surface area contributed by atoms with Crippen LogP contribution in [0.25, 0.3) is 6.08 Å². The first-order valence-electron chi connectivity index (χ1n) is 13.0. The van der Waals surface area contributed by atoms with Crippen molar-refractivity contribution in [3.05, 3.63) is 70.5 Å². The molecule has 0 aliphatic carbocycles. The number of carbonyl (C=O) groups is 1. The third kappa shape index (κ3) is 5.96. The molecule has 4 heteroatoms. The highest BCUT2D eigenvalue weighted by molar-refractivity contribution is 5.97. The minimum Gasteiger partial charge on any atom is -0.311 e. The van der Waals surface area contributed by atoms with E-state index in [1.165, 1.54) is 50.5 Å².